The molecule has 0 aliphatic rings. The minimum absolute atomic E-state index is 0.0337. The van der Waals surface area contributed by atoms with Gasteiger partial charge >= 0.3 is 19.8 Å². The number of carbonyl (C=O) groups is 2. The van der Waals surface area contributed by atoms with E-state index < -0.39 is 26.5 Å². The lowest BCUT2D eigenvalue weighted by Gasteiger charge is -2.24. The number of quaternary nitrogens is 1. The first-order valence-corrected chi connectivity index (χ1v) is 41.7. The van der Waals surface area contributed by atoms with E-state index in [2.05, 4.69) is 86.8 Å². The van der Waals surface area contributed by atoms with E-state index >= 15 is 0 Å². The number of phosphoric acid groups is 1. The van der Waals surface area contributed by atoms with E-state index in [1.807, 2.05) is 21.1 Å². The number of esters is 2. The molecule has 0 radical (unpaired) electrons. The molecule has 0 aromatic rings. The number of phosphoric ester groups is 1. The molecule has 0 saturated heterocycles. The molecule has 0 aromatic carbocycles. The Balaban J connectivity index is 3.92. The number of rotatable bonds is 75. The van der Waals surface area contributed by atoms with E-state index in [9.17, 15) is 19.0 Å². The molecule has 93 heavy (non-hydrogen) atoms. The summed E-state index contributed by atoms with van der Waals surface area (Å²) in [6, 6.07) is 0. The van der Waals surface area contributed by atoms with Crippen LogP contribution in [0.3, 0.4) is 0 Å². The zero-order chi connectivity index (χ0) is 67.6. The van der Waals surface area contributed by atoms with Crippen molar-refractivity contribution >= 4 is 19.8 Å². The summed E-state index contributed by atoms with van der Waals surface area (Å²) in [6.45, 7) is 4.39. The third kappa shape index (κ3) is 78.3. The highest BCUT2D eigenvalue weighted by molar-refractivity contribution is 7.47. The topological polar surface area (TPSA) is 108 Å². The second-order valence-electron chi connectivity index (χ2n) is 28.4. The van der Waals surface area contributed by atoms with E-state index in [4.69, 9.17) is 18.5 Å². The average molecular weight is 1330 g/mol. The van der Waals surface area contributed by atoms with Gasteiger partial charge in [0.25, 0.3) is 0 Å². The van der Waals surface area contributed by atoms with Crippen LogP contribution in [0.5, 0.6) is 0 Å². The molecule has 9 nitrogen and oxygen atoms in total. The third-order valence-electron chi connectivity index (χ3n) is 18.0. The number of hydrogen-bond donors (Lipinski definition) is 1. The molecule has 544 valence electrons. The standard InChI is InChI=1S/C83H154NO8P/c1-6-8-10-12-14-16-18-20-22-24-26-28-30-32-34-36-38-39-40-41-42-43-44-45-46-48-50-52-54-56-58-60-62-64-66-68-70-72-74-76-83(86)92-81(80-91-93(87,88)90-78-77-84(3,4)5)79-89-82(85)75-73-71-69-67-65-63-61-59-57-55-53-51-49-47-37-35-33-31-29-27-25-23-21-19-17-15-13-11-9-7-2/h8,10,14,16,20,22,26,28,32,34,38-39,81H,6-7,9,11-13,15,17-19,21,23-25,27,29-31,33,35-37,40-80H2,1-5H3/p+1/b10-8-,16-14-,22-20-,28-26-,34-32-,39-38-. The van der Waals surface area contributed by atoms with Gasteiger partial charge < -0.3 is 18.9 Å². The van der Waals surface area contributed by atoms with Gasteiger partial charge in [-0.2, -0.15) is 0 Å². The molecule has 0 bridgehead atoms. The fourth-order valence-electron chi connectivity index (χ4n) is 11.9. The maximum atomic E-state index is 12.9. The van der Waals surface area contributed by atoms with Crippen molar-refractivity contribution in [3.05, 3.63) is 72.9 Å². The molecule has 10 heteroatoms. The van der Waals surface area contributed by atoms with Gasteiger partial charge in [-0.25, -0.2) is 4.57 Å². The normalized spacial score (nSPS) is 13.4. The van der Waals surface area contributed by atoms with Gasteiger partial charge in [-0.05, 0) is 64.2 Å². The zero-order valence-electron chi connectivity index (χ0n) is 62.3. The molecule has 0 fully saturated rings. The SMILES string of the molecule is CC/C=C\C/C=C\C/C=C\C/C=C\C/C=C\C/C=C\CCCCCCCCCCCCCCCCCCCCCCC(=O)OC(COC(=O)CCCCCCCCCCCCCCCCCCCCCCCCCCCCCCCC)COP(=O)(O)OCC[N+](C)(C)C. The Bertz CT molecular complexity index is 1800. The van der Waals surface area contributed by atoms with E-state index in [1.165, 1.54) is 289 Å². The summed E-state index contributed by atoms with van der Waals surface area (Å²) >= 11 is 0. The van der Waals surface area contributed by atoms with Crippen molar-refractivity contribution in [3.8, 4) is 0 Å². The molecular weight excluding hydrogens is 1170 g/mol. The molecule has 0 saturated carbocycles. The Kier molecular flexibility index (Phi) is 71.7. The van der Waals surface area contributed by atoms with Crippen LogP contribution < -0.4 is 0 Å². The first-order chi connectivity index (χ1) is 45.5. The Hall–Kier alpha value is -2.55. The van der Waals surface area contributed by atoms with Crippen LogP contribution in [0.2, 0.25) is 0 Å². The summed E-state index contributed by atoms with van der Waals surface area (Å²) in [5.74, 6) is -0.774. The van der Waals surface area contributed by atoms with Crippen molar-refractivity contribution in [3.63, 3.8) is 0 Å². The predicted octanol–water partition coefficient (Wildman–Crippen LogP) is 26.7. The van der Waals surface area contributed by atoms with Crippen molar-refractivity contribution in [2.75, 3.05) is 47.5 Å². The Morgan fingerprint density at radius 2 is 0.613 bits per heavy atom. The first kappa shape index (κ1) is 90.5. The molecule has 0 spiro atoms. The lowest BCUT2D eigenvalue weighted by atomic mass is 10.0. The molecule has 2 atom stereocenters. The van der Waals surface area contributed by atoms with Gasteiger partial charge in [-0.3, -0.25) is 18.6 Å². The first-order valence-electron chi connectivity index (χ1n) is 40.2. The van der Waals surface area contributed by atoms with Crippen molar-refractivity contribution in [2.24, 2.45) is 0 Å². The van der Waals surface area contributed by atoms with Crippen LogP contribution in [0.1, 0.15) is 393 Å². The molecular formula is C83H155NO8P+. The van der Waals surface area contributed by atoms with Crippen molar-refractivity contribution in [2.45, 2.75) is 399 Å². The summed E-state index contributed by atoms with van der Waals surface area (Å²) in [5.41, 5.74) is 0. The minimum Gasteiger partial charge on any atom is -0.462 e. The van der Waals surface area contributed by atoms with Gasteiger partial charge in [-0.15, -0.1) is 0 Å². The van der Waals surface area contributed by atoms with Crippen LogP contribution in [-0.4, -0.2) is 74.9 Å². The minimum atomic E-state index is -4.39. The molecule has 0 rings (SSSR count). The van der Waals surface area contributed by atoms with Crippen LogP contribution in [0.4, 0.5) is 0 Å². The number of likely N-dealkylation sites (N-methyl/N-ethyl adjacent to an activating group) is 1. The van der Waals surface area contributed by atoms with Gasteiger partial charge in [0, 0.05) is 12.8 Å². The number of unbranched alkanes of at least 4 members (excludes halogenated alkanes) is 49. The Morgan fingerprint density at radius 1 is 0.344 bits per heavy atom. The molecule has 0 aliphatic carbocycles. The highest BCUT2D eigenvalue weighted by Gasteiger charge is 2.27. The third-order valence-corrected chi connectivity index (χ3v) is 19.0. The second kappa shape index (κ2) is 73.7. The molecule has 1 N–H and O–H groups in total. The van der Waals surface area contributed by atoms with E-state index in [-0.39, 0.29) is 25.6 Å². The molecule has 0 heterocycles. The highest BCUT2D eigenvalue weighted by Crippen LogP contribution is 2.43. The van der Waals surface area contributed by atoms with Crippen LogP contribution in [0.25, 0.3) is 0 Å². The molecule has 0 aliphatic heterocycles. The molecule has 2 unspecified atom stereocenters. The molecule has 0 amide bonds. The Labute approximate surface area is 578 Å². The Morgan fingerprint density at radius 3 is 0.914 bits per heavy atom. The van der Waals surface area contributed by atoms with Crippen molar-refractivity contribution in [1.29, 1.82) is 0 Å². The smallest absolute Gasteiger partial charge is 0.462 e. The van der Waals surface area contributed by atoms with E-state index in [0.717, 1.165) is 70.6 Å². The number of carbonyl (C=O) groups excluding carboxylic acids is 2. The maximum Gasteiger partial charge on any atom is 0.472 e. The molecule has 0 aromatic heterocycles. The van der Waals surface area contributed by atoms with Gasteiger partial charge in [0.2, 0.25) is 0 Å². The fourth-order valence-corrected chi connectivity index (χ4v) is 12.7. The zero-order valence-corrected chi connectivity index (χ0v) is 63.1. The fraction of sp³-hybridized carbons (Fsp3) is 0.831. The monoisotopic (exact) mass is 1330 g/mol. The number of allylic oxidation sites excluding steroid dienone is 12. The summed E-state index contributed by atoms with van der Waals surface area (Å²) < 4.78 is 34.8. The number of ether oxygens (including phenoxy) is 2. The number of nitrogens with zero attached hydrogens (tertiary/aromatic N) is 1. The summed E-state index contributed by atoms with van der Waals surface area (Å²) in [5, 5.41) is 0. The second-order valence-corrected chi connectivity index (χ2v) is 29.9. The largest absolute Gasteiger partial charge is 0.472 e. The van der Waals surface area contributed by atoms with Crippen LogP contribution in [0.15, 0.2) is 72.9 Å². The van der Waals surface area contributed by atoms with Crippen LogP contribution in [0, 0.1) is 0 Å². The predicted molar refractivity (Wildman–Crippen MR) is 404 cm³/mol. The lowest BCUT2D eigenvalue weighted by Crippen LogP contribution is -2.37. The summed E-state index contributed by atoms with van der Waals surface area (Å²) in [4.78, 5) is 36.0. The maximum absolute atomic E-state index is 12.9. The van der Waals surface area contributed by atoms with Crippen molar-refractivity contribution < 1.29 is 42.1 Å². The van der Waals surface area contributed by atoms with Gasteiger partial charge in [-0.1, -0.05) is 389 Å². The highest BCUT2D eigenvalue weighted by atomic mass is 31.2. The van der Waals surface area contributed by atoms with Gasteiger partial charge in [0.05, 0.1) is 27.7 Å². The quantitative estimate of drug-likeness (QED) is 0.0211. The van der Waals surface area contributed by atoms with E-state index in [1.54, 1.807) is 0 Å². The lowest BCUT2D eigenvalue weighted by molar-refractivity contribution is -0.870. The van der Waals surface area contributed by atoms with Crippen LogP contribution >= 0.6 is 7.82 Å². The van der Waals surface area contributed by atoms with Gasteiger partial charge in [0.15, 0.2) is 6.10 Å². The summed E-state index contributed by atoms with van der Waals surface area (Å²) in [7, 11) is 1.50. The average Bonchev–Trinajstić information content (AvgIpc) is 2.01. The van der Waals surface area contributed by atoms with Crippen molar-refractivity contribution in [1.82, 2.24) is 0 Å². The van der Waals surface area contributed by atoms with Gasteiger partial charge in [0.1, 0.15) is 19.8 Å². The van der Waals surface area contributed by atoms with E-state index in [0.29, 0.717) is 23.9 Å². The van der Waals surface area contributed by atoms with Crippen LogP contribution in [-0.2, 0) is 32.7 Å². The summed E-state index contributed by atoms with van der Waals surface area (Å²) in [6.07, 6.45) is 101. The number of hydrogen-bond acceptors (Lipinski definition) is 7.